The summed E-state index contributed by atoms with van der Waals surface area (Å²) in [5.41, 5.74) is 1.51. The van der Waals surface area contributed by atoms with Crippen LogP contribution >= 0.6 is 0 Å². The van der Waals surface area contributed by atoms with E-state index in [1.165, 1.54) is 5.57 Å². The van der Waals surface area contributed by atoms with Crippen LogP contribution in [0.25, 0.3) is 5.57 Å². The van der Waals surface area contributed by atoms with E-state index in [0.717, 1.165) is 24.2 Å². The average Bonchev–Trinajstić information content (AvgIpc) is 2.79. The Balaban J connectivity index is 2.23. The summed E-state index contributed by atoms with van der Waals surface area (Å²) in [7, 11) is 1.65. The molecule has 3 nitrogen and oxygen atoms in total. The Morgan fingerprint density at radius 1 is 1.18 bits per heavy atom. The van der Waals surface area contributed by atoms with Gasteiger partial charge < -0.3 is 4.74 Å². The van der Waals surface area contributed by atoms with Gasteiger partial charge in [-0.2, -0.15) is 0 Å². The highest BCUT2D eigenvalue weighted by atomic mass is 16.5. The minimum atomic E-state index is -0.814. The molecule has 0 aliphatic heterocycles. The molecule has 0 saturated heterocycles. The molecule has 1 aliphatic rings. The molecule has 1 fully saturated rings. The van der Waals surface area contributed by atoms with Crippen molar-refractivity contribution in [2.75, 3.05) is 7.11 Å². The van der Waals surface area contributed by atoms with Crippen molar-refractivity contribution in [2.24, 2.45) is 5.41 Å². The lowest BCUT2D eigenvalue weighted by Crippen LogP contribution is -2.28. The van der Waals surface area contributed by atoms with Gasteiger partial charge in [0.2, 0.25) is 0 Å². The van der Waals surface area contributed by atoms with Gasteiger partial charge >= 0.3 is 0 Å². The number of carbonyl (C=O) groups excluding carboxylic acids is 2. The molecule has 1 aromatic carbocycles. The fraction of sp³-hybridized carbons (Fsp3) is 0.474. The first-order chi connectivity index (χ1) is 10.5. The summed E-state index contributed by atoms with van der Waals surface area (Å²) in [6.07, 6.45) is 5.34. The van der Waals surface area contributed by atoms with E-state index >= 15 is 0 Å². The van der Waals surface area contributed by atoms with Gasteiger partial charge in [-0.15, -0.1) is 0 Å². The minimum absolute atomic E-state index is 0.0827. The Kier molecular flexibility index (Phi) is 5.17. The number of methoxy groups -OCH3 is 1. The molecular formula is C19H24O3. The molecule has 3 heteroatoms. The van der Waals surface area contributed by atoms with E-state index in [2.05, 4.69) is 13.0 Å². The molecule has 22 heavy (non-hydrogen) atoms. The van der Waals surface area contributed by atoms with Gasteiger partial charge in [-0.1, -0.05) is 31.6 Å². The Hall–Kier alpha value is -1.90. The lowest BCUT2D eigenvalue weighted by Gasteiger charge is -2.19. The molecule has 1 aromatic rings. The Bertz CT molecular complexity index is 565. The topological polar surface area (TPSA) is 43.4 Å². The molecule has 2 rings (SSSR count). The number of carbonyl (C=O) groups is 2. The Morgan fingerprint density at radius 2 is 1.77 bits per heavy atom. The van der Waals surface area contributed by atoms with Crippen molar-refractivity contribution in [2.45, 2.75) is 46.0 Å². The van der Waals surface area contributed by atoms with Gasteiger partial charge in [-0.05, 0) is 43.0 Å². The van der Waals surface area contributed by atoms with E-state index in [-0.39, 0.29) is 11.6 Å². The lowest BCUT2D eigenvalue weighted by atomic mass is 9.82. The molecule has 1 aliphatic carbocycles. The van der Waals surface area contributed by atoms with Crippen LogP contribution < -0.4 is 4.74 Å². The van der Waals surface area contributed by atoms with Gasteiger partial charge in [0, 0.05) is 12.8 Å². The Morgan fingerprint density at radius 3 is 2.27 bits per heavy atom. The minimum Gasteiger partial charge on any atom is -0.497 e. The molecule has 0 radical (unpaired) electrons. The predicted molar refractivity (Wildman–Crippen MR) is 87.9 cm³/mol. The van der Waals surface area contributed by atoms with E-state index in [0.29, 0.717) is 19.3 Å². The van der Waals surface area contributed by atoms with E-state index in [1.54, 1.807) is 14.0 Å². The van der Waals surface area contributed by atoms with Gasteiger partial charge in [0.25, 0.3) is 0 Å². The molecule has 0 heterocycles. The summed E-state index contributed by atoms with van der Waals surface area (Å²) in [5.74, 6) is 0.992. The van der Waals surface area contributed by atoms with E-state index in [1.807, 2.05) is 24.3 Å². The van der Waals surface area contributed by atoms with Crippen molar-refractivity contribution >= 4 is 17.1 Å². The standard InChI is InChI=1S/C19H24O3/c1-4-5-14(15-6-8-16(22-3)9-7-15)12-13-19(2)17(20)10-11-18(19)21/h6-9,12H,4-5,10-11,13H2,1-3H3/b14-12-. The SMILES string of the molecule is CCC/C(=C/CC1(C)C(=O)CCC1=O)c1ccc(OC)cc1. The van der Waals surface area contributed by atoms with Crippen molar-refractivity contribution in [3.8, 4) is 5.75 Å². The first-order valence-corrected chi connectivity index (χ1v) is 7.91. The van der Waals surface area contributed by atoms with Gasteiger partial charge in [0.15, 0.2) is 0 Å². The second kappa shape index (κ2) is 6.91. The number of benzene rings is 1. The van der Waals surface area contributed by atoms with Gasteiger partial charge in [0.05, 0.1) is 12.5 Å². The van der Waals surface area contributed by atoms with Gasteiger partial charge in [0.1, 0.15) is 17.3 Å². The first kappa shape index (κ1) is 16.5. The Labute approximate surface area is 132 Å². The molecule has 0 bridgehead atoms. The highest BCUT2D eigenvalue weighted by Crippen LogP contribution is 2.36. The van der Waals surface area contributed by atoms with Crippen LogP contribution in [0.4, 0.5) is 0 Å². The van der Waals surface area contributed by atoms with Crippen LogP contribution in [0, 0.1) is 5.41 Å². The molecule has 0 atom stereocenters. The third-order valence-electron chi connectivity index (χ3n) is 4.55. The largest absolute Gasteiger partial charge is 0.497 e. The molecule has 0 aromatic heterocycles. The zero-order valence-electron chi connectivity index (χ0n) is 13.6. The molecule has 118 valence electrons. The smallest absolute Gasteiger partial charge is 0.146 e. The van der Waals surface area contributed by atoms with E-state index < -0.39 is 5.41 Å². The summed E-state index contributed by atoms with van der Waals surface area (Å²) in [5, 5.41) is 0. The maximum atomic E-state index is 12.0. The van der Waals surface area contributed by atoms with Crippen LogP contribution in [0.3, 0.4) is 0 Å². The number of ether oxygens (including phenoxy) is 1. The van der Waals surface area contributed by atoms with Crippen molar-refractivity contribution in [3.05, 3.63) is 35.9 Å². The number of hydrogen-bond acceptors (Lipinski definition) is 3. The fourth-order valence-electron chi connectivity index (χ4n) is 2.93. The second-order valence-electron chi connectivity index (χ2n) is 6.09. The maximum Gasteiger partial charge on any atom is 0.146 e. The van der Waals surface area contributed by atoms with Crippen LogP contribution in [-0.4, -0.2) is 18.7 Å². The van der Waals surface area contributed by atoms with E-state index in [9.17, 15) is 9.59 Å². The summed E-state index contributed by atoms with van der Waals surface area (Å²) in [4.78, 5) is 24.1. The fourth-order valence-corrected chi connectivity index (χ4v) is 2.93. The van der Waals surface area contributed by atoms with Crippen molar-refractivity contribution < 1.29 is 14.3 Å². The second-order valence-corrected chi connectivity index (χ2v) is 6.09. The van der Waals surface area contributed by atoms with Crippen LogP contribution in [0.2, 0.25) is 0 Å². The molecule has 0 unspecified atom stereocenters. The normalized spacial score (nSPS) is 17.9. The molecule has 0 amide bonds. The van der Waals surface area contributed by atoms with Crippen LogP contribution in [0.15, 0.2) is 30.3 Å². The van der Waals surface area contributed by atoms with Crippen LogP contribution in [0.5, 0.6) is 5.75 Å². The number of ketones is 2. The van der Waals surface area contributed by atoms with Gasteiger partial charge in [-0.25, -0.2) is 0 Å². The van der Waals surface area contributed by atoms with Crippen molar-refractivity contribution in [1.29, 1.82) is 0 Å². The number of hydrogen-bond donors (Lipinski definition) is 0. The zero-order valence-corrected chi connectivity index (χ0v) is 13.6. The molecular weight excluding hydrogens is 276 g/mol. The maximum absolute atomic E-state index is 12.0. The zero-order chi connectivity index (χ0) is 16.2. The highest BCUT2D eigenvalue weighted by molar-refractivity contribution is 6.12. The highest BCUT2D eigenvalue weighted by Gasteiger charge is 2.44. The number of Topliss-reactive ketones (excluding diaryl/α,β-unsaturated/α-hetero) is 2. The summed E-state index contributed by atoms with van der Waals surface area (Å²) < 4.78 is 5.19. The third kappa shape index (κ3) is 3.29. The summed E-state index contributed by atoms with van der Waals surface area (Å²) in [6, 6.07) is 7.93. The van der Waals surface area contributed by atoms with Crippen LogP contribution in [0.1, 0.15) is 51.5 Å². The van der Waals surface area contributed by atoms with Crippen molar-refractivity contribution in [1.82, 2.24) is 0 Å². The molecule has 1 saturated carbocycles. The molecule has 0 spiro atoms. The average molecular weight is 300 g/mol. The van der Waals surface area contributed by atoms with Crippen LogP contribution in [-0.2, 0) is 9.59 Å². The molecule has 0 N–H and O–H groups in total. The van der Waals surface area contributed by atoms with E-state index in [4.69, 9.17) is 4.74 Å². The summed E-state index contributed by atoms with van der Waals surface area (Å²) >= 11 is 0. The quantitative estimate of drug-likeness (QED) is 0.739. The van der Waals surface area contributed by atoms with Gasteiger partial charge in [-0.3, -0.25) is 9.59 Å². The number of rotatable bonds is 6. The monoisotopic (exact) mass is 300 g/mol. The summed E-state index contributed by atoms with van der Waals surface area (Å²) in [6.45, 7) is 3.92. The lowest BCUT2D eigenvalue weighted by molar-refractivity contribution is -0.133. The first-order valence-electron chi connectivity index (χ1n) is 7.91. The predicted octanol–water partition coefficient (Wildman–Crippen LogP) is 4.21. The van der Waals surface area contributed by atoms with Crippen molar-refractivity contribution in [3.63, 3.8) is 0 Å². The third-order valence-corrected chi connectivity index (χ3v) is 4.55. The number of allylic oxidation sites excluding steroid dienone is 2.